The molecule has 2 rings (SSSR count). The van der Waals surface area contributed by atoms with Crippen LogP contribution in [0, 0.1) is 0 Å². The topological polar surface area (TPSA) is 72.2 Å². The van der Waals surface area contributed by atoms with Gasteiger partial charge in [-0.1, -0.05) is 11.6 Å². The largest absolute Gasteiger partial charge is 0.468 e. The van der Waals surface area contributed by atoms with Gasteiger partial charge in [0.2, 0.25) is 10.0 Å². The third-order valence-electron chi connectivity index (χ3n) is 2.04. The second-order valence-corrected chi connectivity index (χ2v) is 5.35. The second kappa shape index (κ2) is 4.87. The molecule has 0 saturated carbocycles. The van der Waals surface area contributed by atoms with Crippen LogP contribution in [-0.2, 0) is 16.6 Å². The predicted octanol–water partition coefficient (Wildman–Crippen LogP) is 1.81. The fourth-order valence-electron chi connectivity index (χ4n) is 1.22. The number of hydrogen-bond acceptors (Lipinski definition) is 4. The van der Waals surface area contributed by atoms with E-state index in [1.54, 1.807) is 12.1 Å². The molecule has 0 saturated heterocycles. The lowest BCUT2D eigenvalue weighted by Crippen LogP contribution is -2.23. The van der Waals surface area contributed by atoms with Crippen molar-refractivity contribution < 1.29 is 12.8 Å². The Morgan fingerprint density at radius 1 is 1.41 bits per heavy atom. The Kier molecular flexibility index (Phi) is 3.46. The van der Waals surface area contributed by atoms with Crippen molar-refractivity contribution in [1.29, 1.82) is 0 Å². The summed E-state index contributed by atoms with van der Waals surface area (Å²) in [5.74, 6) is 0.522. The lowest BCUT2D eigenvalue weighted by Gasteiger charge is -2.06. The quantitative estimate of drug-likeness (QED) is 0.921. The van der Waals surface area contributed by atoms with Crippen molar-refractivity contribution in [2.24, 2.45) is 0 Å². The Morgan fingerprint density at radius 3 is 2.88 bits per heavy atom. The Hall–Kier alpha value is -1.37. The Balaban J connectivity index is 2.17. The van der Waals surface area contributed by atoms with E-state index in [9.17, 15) is 8.42 Å². The first-order valence-electron chi connectivity index (χ1n) is 4.71. The fraction of sp³-hybridized carbons (Fsp3) is 0.100. The van der Waals surface area contributed by atoms with E-state index < -0.39 is 10.0 Å². The molecule has 0 atom stereocenters. The Morgan fingerprint density at radius 2 is 2.24 bits per heavy atom. The lowest BCUT2D eigenvalue weighted by atomic mass is 10.5. The normalized spacial score (nSPS) is 11.6. The van der Waals surface area contributed by atoms with Crippen LogP contribution in [-0.4, -0.2) is 13.4 Å². The molecule has 90 valence electrons. The van der Waals surface area contributed by atoms with Crippen LogP contribution in [0.15, 0.2) is 46.2 Å². The maximum atomic E-state index is 11.9. The summed E-state index contributed by atoms with van der Waals surface area (Å²) in [5, 5.41) is 0.131. The molecule has 2 aromatic heterocycles. The molecule has 0 bridgehead atoms. The summed E-state index contributed by atoms with van der Waals surface area (Å²) in [6.07, 6.45) is 4.10. The van der Waals surface area contributed by atoms with Gasteiger partial charge in [-0.2, -0.15) is 0 Å². The zero-order valence-electron chi connectivity index (χ0n) is 8.63. The molecule has 0 aliphatic rings. The minimum Gasteiger partial charge on any atom is -0.468 e. The van der Waals surface area contributed by atoms with Gasteiger partial charge in [0.05, 0.1) is 17.8 Å². The van der Waals surface area contributed by atoms with Gasteiger partial charge in [0.15, 0.2) is 0 Å². The maximum Gasteiger partial charge on any atom is 0.244 e. The van der Waals surface area contributed by atoms with Crippen molar-refractivity contribution in [3.05, 3.63) is 47.6 Å². The molecular weight excluding hydrogens is 264 g/mol. The van der Waals surface area contributed by atoms with E-state index in [-0.39, 0.29) is 16.5 Å². The first-order valence-corrected chi connectivity index (χ1v) is 6.57. The highest BCUT2D eigenvalue weighted by Gasteiger charge is 2.17. The molecule has 2 aromatic rings. The van der Waals surface area contributed by atoms with Gasteiger partial charge in [-0.15, -0.1) is 0 Å². The van der Waals surface area contributed by atoms with Gasteiger partial charge in [-0.25, -0.2) is 13.1 Å². The van der Waals surface area contributed by atoms with E-state index in [4.69, 9.17) is 16.0 Å². The highest BCUT2D eigenvalue weighted by Crippen LogP contribution is 2.19. The zero-order valence-corrected chi connectivity index (χ0v) is 10.2. The van der Waals surface area contributed by atoms with Gasteiger partial charge in [-0.05, 0) is 18.2 Å². The van der Waals surface area contributed by atoms with Crippen LogP contribution in [0.4, 0.5) is 0 Å². The standard InChI is InChI=1S/C10H9ClN2O3S/c11-9-3-4-12-7-10(9)17(14,15)13-6-8-2-1-5-16-8/h1-5,7,13H,6H2. The number of pyridine rings is 1. The van der Waals surface area contributed by atoms with Crippen LogP contribution in [0.5, 0.6) is 0 Å². The monoisotopic (exact) mass is 272 g/mol. The van der Waals surface area contributed by atoms with E-state index in [1.165, 1.54) is 24.7 Å². The van der Waals surface area contributed by atoms with Crippen molar-refractivity contribution in [3.63, 3.8) is 0 Å². The molecule has 1 N–H and O–H groups in total. The first-order chi connectivity index (χ1) is 8.09. The number of furan rings is 1. The average Bonchev–Trinajstić information content (AvgIpc) is 2.80. The van der Waals surface area contributed by atoms with Crippen LogP contribution >= 0.6 is 11.6 Å². The summed E-state index contributed by atoms with van der Waals surface area (Å²) >= 11 is 5.79. The molecule has 0 aliphatic heterocycles. The molecule has 0 spiro atoms. The molecule has 7 heteroatoms. The molecule has 0 aliphatic carbocycles. The summed E-state index contributed by atoms with van der Waals surface area (Å²) < 4.78 is 31.1. The summed E-state index contributed by atoms with van der Waals surface area (Å²) in [7, 11) is -3.67. The van der Waals surface area contributed by atoms with E-state index in [0.717, 1.165) is 0 Å². The van der Waals surface area contributed by atoms with E-state index >= 15 is 0 Å². The highest BCUT2D eigenvalue weighted by molar-refractivity contribution is 7.89. The second-order valence-electron chi connectivity index (χ2n) is 3.21. The molecule has 0 amide bonds. The van der Waals surface area contributed by atoms with E-state index in [2.05, 4.69) is 9.71 Å². The molecule has 0 unspecified atom stereocenters. The van der Waals surface area contributed by atoms with Crippen LogP contribution in [0.2, 0.25) is 5.02 Å². The van der Waals surface area contributed by atoms with Crippen molar-refractivity contribution in [3.8, 4) is 0 Å². The van der Waals surface area contributed by atoms with E-state index in [1.807, 2.05) is 0 Å². The number of rotatable bonds is 4. The third kappa shape index (κ3) is 2.85. The maximum absolute atomic E-state index is 11.9. The van der Waals surface area contributed by atoms with Gasteiger partial charge >= 0.3 is 0 Å². The average molecular weight is 273 g/mol. The third-order valence-corrected chi connectivity index (χ3v) is 3.91. The summed E-state index contributed by atoms with van der Waals surface area (Å²) in [6, 6.07) is 4.77. The number of hydrogen-bond donors (Lipinski definition) is 1. The molecule has 0 fully saturated rings. The molecule has 17 heavy (non-hydrogen) atoms. The molecule has 5 nitrogen and oxygen atoms in total. The van der Waals surface area contributed by atoms with Crippen molar-refractivity contribution in [1.82, 2.24) is 9.71 Å². The van der Waals surface area contributed by atoms with Crippen LogP contribution < -0.4 is 4.72 Å². The van der Waals surface area contributed by atoms with Gasteiger partial charge in [0.25, 0.3) is 0 Å². The molecular formula is C10H9ClN2O3S. The lowest BCUT2D eigenvalue weighted by molar-refractivity contribution is 0.498. The Bertz CT molecular complexity index is 596. The van der Waals surface area contributed by atoms with Gasteiger partial charge in [-0.3, -0.25) is 4.98 Å². The minimum absolute atomic E-state index is 0.0479. The van der Waals surface area contributed by atoms with Crippen molar-refractivity contribution in [2.75, 3.05) is 0 Å². The van der Waals surface area contributed by atoms with Crippen LogP contribution in [0.3, 0.4) is 0 Å². The van der Waals surface area contributed by atoms with Crippen molar-refractivity contribution >= 4 is 21.6 Å². The fourth-order valence-corrected chi connectivity index (χ4v) is 2.64. The zero-order chi connectivity index (χ0) is 12.3. The minimum atomic E-state index is -3.67. The molecule has 2 heterocycles. The number of sulfonamides is 1. The smallest absolute Gasteiger partial charge is 0.244 e. The SMILES string of the molecule is O=S(=O)(NCc1ccco1)c1cnccc1Cl. The predicted molar refractivity (Wildman–Crippen MR) is 62.0 cm³/mol. The van der Waals surface area contributed by atoms with Gasteiger partial charge in [0.1, 0.15) is 10.7 Å². The number of aromatic nitrogens is 1. The van der Waals surface area contributed by atoms with Crippen LogP contribution in [0.1, 0.15) is 5.76 Å². The van der Waals surface area contributed by atoms with Crippen LogP contribution in [0.25, 0.3) is 0 Å². The van der Waals surface area contributed by atoms with E-state index in [0.29, 0.717) is 5.76 Å². The molecule has 0 aromatic carbocycles. The van der Waals surface area contributed by atoms with Crippen molar-refractivity contribution in [2.45, 2.75) is 11.4 Å². The van der Waals surface area contributed by atoms with Gasteiger partial charge < -0.3 is 4.42 Å². The summed E-state index contributed by atoms with van der Waals surface area (Å²) in [6.45, 7) is 0.0700. The number of halogens is 1. The summed E-state index contributed by atoms with van der Waals surface area (Å²) in [4.78, 5) is 3.68. The van der Waals surface area contributed by atoms with Gasteiger partial charge in [0, 0.05) is 12.4 Å². The first kappa shape index (κ1) is 12.1. The Labute approximate surface area is 103 Å². The number of nitrogens with zero attached hydrogens (tertiary/aromatic N) is 1. The summed E-state index contributed by atoms with van der Waals surface area (Å²) in [5.41, 5.74) is 0. The highest BCUT2D eigenvalue weighted by atomic mass is 35.5. The number of nitrogens with one attached hydrogen (secondary N) is 1. The molecule has 0 radical (unpaired) electrons.